The van der Waals surface area contributed by atoms with Crippen LogP contribution in [0.5, 0.6) is 11.5 Å². The Kier molecular flexibility index (Phi) is 5.45. The van der Waals surface area contributed by atoms with Gasteiger partial charge in [0.1, 0.15) is 11.5 Å². The van der Waals surface area contributed by atoms with E-state index in [0.29, 0.717) is 18.8 Å². The first-order valence-corrected chi connectivity index (χ1v) is 5.67. The van der Waals surface area contributed by atoms with Crippen molar-refractivity contribution in [2.24, 2.45) is 0 Å². The Morgan fingerprint density at radius 1 is 1.39 bits per heavy atom. The molecule has 100 valence electrons. The quantitative estimate of drug-likeness (QED) is 0.780. The second-order valence-corrected chi connectivity index (χ2v) is 3.67. The summed E-state index contributed by atoms with van der Waals surface area (Å²) in [6, 6.07) is 4.73. The molecule has 0 fully saturated rings. The Labute approximate surface area is 106 Å². The van der Waals surface area contributed by atoms with E-state index in [0.717, 1.165) is 5.56 Å². The molecule has 1 aromatic rings. The highest BCUT2D eigenvalue weighted by Crippen LogP contribution is 2.25. The number of ether oxygens (including phenoxy) is 3. The molecule has 0 unspecified atom stereocenters. The lowest BCUT2D eigenvalue weighted by atomic mass is 10.1. The lowest BCUT2D eigenvalue weighted by Gasteiger charge is -2.16. The lowest BCUT2D eigenvalue weighted by molar-refractivity contribution is -0.153. The molecule has 1 aromatic carbocycles. The van der Waals surface area contributed by atoms with Gasteiger partial charge >= 0.3 is 5.97 Å². The van der Waals surface area contributed by atoms with E-state index in [1.54, 1.807) is 6.07 Å². The number of aromatic hydroxyl groups is 1. The van der Waals surface area contributed by atoms with Crippen LogP contribution in [0.2, 0.25) is 0 Å². The molecule has 0 saturated heterocycles. The molecule has 0 aliphatic rings. The maximum absolute atomic E-state index is 11.5. The minimum atomic E-state index is -0.668. The van der Waals surface area contributed by atoms with Gasteiger partial charge in [0, 0.05) is 19.1 Å². The number of methoxy groups -OCH3 is 2. The number of carbonyl (C=O) groups is 1. The normalized spacial score (nSPS) is 11.9. The Morgan fingerprint density at radius 2 is 2.11 bits per heavy atom. The third kappa shape index (κ3) is 3.63. The van der Waals surface area contributed by atoms with E-state index < -0.39 is 12.1 Å². The van der Waals surface area contributed by atoms with Crippen LogP contribution in [-0.2, 0) is 20.7 Å². The number of phenolic OH excluding ortho intramolecular Hbond substituents is 1. The average Bonchev–Trinajstić information content (AvgIpc) is 2.39. The number of hydrogen-bond acceptors (Lipinski definition) is 5. The molecule has 1 atom stereocenters. The van der Waals surface area contributed by atoms with Crippen molar-refractivity contribution in [2.45, 2.75) is 19.4 Å². The van der Waals surface area contributed by atoms with Crippen molar-refractivity contribution in [3.63, 3.8) is 0 Å². The minimum Gasteiger partial charge on any atom is -0.508 e. The van der Waals surface area contributed by atoms with E-state index >= 15 is 0 Å². The zero-order valence-corrected chi connectivity index (χ0v) is 10.8. The third-order valence-corrected chi connectivity index (χ3v) is 2.51. The molecular formula is C13H18O5. The summed E-state index contributed by atoms with van der Waals surface area (Å²) in [4.78, 5) is 11.5. The zero-order chi connectivity index (χ0) is 13.5. The van der Waals surface area contributed by atoms with Gasteiger partial charge in [-0.1, -0.05) is 6.07 Å². The summed E-state index contributed by atoms with van der Waals surface area (Å²) in [6.45, 7) is 2.23. The van der Waals surface area contributed by atoms with Crippen molar-refractivity contribution in [3.05, 3.63) is 23.8 Å². The van der Waals surface area contributed by atoms with Crippen molar-refractivity contribution in [1.82, 2.24) is 0 Å². The zero-order valence-electron chi connectivity index (χ0n) is 10.8. The molecule has 0 aliphatic heterocycles. The van der Waals surface area contributed by atoms with Crippen LogP contribution in [0.1, 0.15) is 12.5 Å². The van der Waals surface area contributed by atoms with Crippen LogP contribution in [0.3, 0.4) is 0 Å². The predicted octanol–water partition coefficient (Wildman–Crippen LogP) is 1.52. The maximum Gasteiger partial charge on any atom is 0.335 e. The molecule has 18 heavy (non-hydrogen) atoms. The molecule has 0 radical (unpaired) electrons. The first kappa shape index (κ1) is 14.3. The van der Waals surface area contributed by atoms with Gasteiger partial charge in [0.2, 0.25) is 0 Å². The summed E-state index contributed by atoms with van der Waals surface area (Å²) in [6.07, 6.45) is -0.331. The van der Waals surface area contributed by atoms with E-state index in [-0.39, 0.29) is 5.75 Å². The highest BCUT2D eigenvalue weighted by atomic mass is 16.6. The van der Waals surface area contributed by atoms with E-state index in [9.17, 15) is 9.90 Å². The van der Waals surface area contributed by atoms with Crippen molar-refractivity contribution in [2.75, 3.05) is 20.8 Å². The van der Waals surface area contributed by atoms with Gasteiger partial charge in [0.25, 0.3) is 0 Å². The molecule has 0 amide bonds. The second-order valence-electron chi connectivity index (χ2n) is 3.67. The van der Waals surface area contributed by atoms with Gasteiger partial charge in [-0.25, -0.2) is 4.79 Å². The van der Waals surface area contributed by atoms with Crippen molar-refractivity contribution >= 4 is 5.97 Å². The maximum atomic E-state index is 11.5. The van der Waals surface area contributed by atoms with Crippen LogP contribution in [-0.4, -0.2) is 38.0 Å². The molecule has 5 nitrogen and oxygen atoms in total. The molecule has 0 saturated carbocycles. The summed E-state index contributed by atoms with van der Waals surface area (Å²) in [5.74, 6) is 0.206. The van der Waals surface area contributed by atoms with E-state index in [2.05, 4.69) is 4.74 Å². The SMILES string of the molecule is CCO[C@@H](Cc1ccc(O)cc1OC)C(=O)OC. The highest BCUT2D eigenvalue weighted by Gasteiger charge is 2.21. The number of hydrogen-bond donors (Lipinski definition) is 1. The first-order chi connectivity index (χ1) is 8.62. The number of rotatable bonds is 6. The topological polar surface area (TPSA) is 65.0 Å². The average molecular weight is 254 g/mol. The second kappa shape index (κ2) is 6.86. The number of carbonyl (C=O) groups excluding carboxylic acids is 1. The highest BCUT2D eigenvalue weighted by molar-refractivity contribution is 5.75. The monoisotopic (exact) mass is 254 g/mol. The number of benzene rings is 1. The van der Waals surface area contributed by atoms with Gasteiger partial charge < -0.3 is 19.3 Å². The summed E-state index contributed by atoms with van der Waals surface area (Å²) in [5, 5.41) is 9.36. The predicted molar refractivity (Wildman–Crippen MR) is 65.8 cm³/mol. The van der Waals surface area contributed by atoms with Crippen molar-refractivity contribution in [1.29, 1.82) is 0 Å². The third-order valence-electron chi connectivity index (χ3n) is 2.51. The fourth-order valence-electron chi connectivity index (χ4n) is 1.64. The smallest absolute Gasteiger partial charge is 0.335 e. The van der Waals surface area contributed by atoms with Gasteiger partial charge in [-0.05, 0) is 18.6 Å². The van der Waals surface area contributed by atoms with Crippen LogP contribution in [0.15, 0.2) is 18.2 Å². The minimum absolute atomic E-state index is 0.113. The Balaban J connectivity index is 2.89. The summed E-state index contributed by atoms with van der Waals surface area (Å²) in [5.41, 5.74) is 0.777. The van der Waals surface area contributed by atoms with Gasteiger partial charge in [-0.15, -0.1) is 0 Å². The van der Waals surface area contributed by atoms with Crippen LogP contribution in [0.4, 0.5) is 0 Å². The van der Waals surface area contributed by atoms with Gasteiger partial charge in [-0.3, -0.25) is 0 Å². The molecule has 1 N–H and O–H groups in total. The molecular weight excluding hydrogens is 236 g/mol. The Hall–Kier alpha value is -1.75. The molecule has 0 aliphatic carbocycles. The molecule has 5 heteroatoms. The van der Waals surface area contributed by atoms with Crippen LogP contribution < -0.4 is 4.74 Å². The lowest BCUT2D eigenvalue weighted by Crippen LogP contribution is -2.28. The van der Waals surface area contributed by atoms with Gasteiger partial charge in [-0.2, -0.15) is 0 Å². The molecule has 0 bridgehead atoms. The van der Waals surface area contributed by atoms with Crippen molar-refractivity contribution in [3.8, 4) is 11.5 Å². The van der Waals surface area contributed by atoms with Gasteiger partial charge in [0.05, 0.1) is 14.2 Å². The van der Waals surface area contributed by atoms with E-state index in [1.165, 1.54) is 26.4 Å². The molecule has 0 aromatic heterocycles. The van der Waals surface area contributed by atoms with Crippen LogP contribution in [0.25, 0.3) is 0 Å². The van der Waals surface area contributed by atoms with Crippen LogP contribution >= 0.6 is 0 Å². The Morgan fingerprint density at radius 3 is 2.67 bits per heavy atom. The Bertz CT molecular complexity index is 402. The summed E-state index contributed by atoms with van der Waals surface area (Å²) >= 11 is 0. The first-order valence-electron chi connectivity index (χ1n) is 5.67. The summed E-state index contributed by atoms with van der Waals surface area (Å²) in [7, 11) is 2.83. The largest absolute Gasteiger partial charge is 0.508 e. The van der Waals surface area contributed by atoms with E-state index in [1.807, 2.05) is 6.92 Å². The molecule has 0 heterocycles. The number of phenols is 1. The molecule has 0 spiro atoms. The fourth-order valence-corrected chi connectivity index (χ4v) is 1.64. The summed E-state index contributed by atoms with van der Waals surface area (Å²) < 4.78 is 15.2. The molecule has 1 rings (SSSR count). The van der Waals surface area contributed by atoms with Crippen LogP contribution in [0, 0.1) is 0 Å². The van der Waals surface area contributed by atoms with E-state index in [4.69, 9.17) is 9.47 Å². The van der Waals surface area contributed by atoms with Crippen molar-refractivity contribution < 1.29 is 24.1 Å². The van der Waals surface area contributed by atoms with Gasteiger partial charge in [0.15, 0.2) is 6.10 Å². The standard InChI is InChI=1S/C13H18O5/c1-4-18-12(13(15)17-3)7-9-5-6-10(14)8-11(9)16-2/h5-6,8,12,14H,4,7H2,1-3H3/t12-/m0/s1. The number of esters is 1. The fraction of sp³-hybridized carbons (Fsp3) is 0.462.